The molecule has 0 amide bonds. The molecule has 3 aromatic rings. The van der Waals surface area contributed by atoms with Crippen LogP contribution in [0.2, 0.25) is 0 Å². The monoisotopic (exact) mass is 440 g/mol. The van der Waals surface area contributed by atoms with E-state index in [1.54, 1.807) is 11.3 Å². The second-order valence-electron chi connectivity index (χ2n) is 7.48. The van der Waals surface area contributed by atoms with E-state index >= 15 is 0 Å². The van der Waals surface area contributed by atoms with Gasteiger partial charge >= 0.3 is 0 Å². The summed E-state index contributed by atoms with van der Waals surface area (Å²) in [5.74, 6) is 1.52. The highest BCUT2D eigenvalue weighted by molar-refractivity contribution is 7.15. The Hall–Kier alpha value is -2.52. The predicted molar refractivity (Wildman–Crippen MR) is 122 cm³/mol. The lowest BCUT2D eigenvalue weighted by molar-refractivity contribution is -0.0349. The molecule has 8 heteroatoms. The van der Waals surface area contributed by atoms with Crippen LogP contribution in [0.5, 0.6) is 5.75 Å². The normalized spacial score (nSPS) is 16.9. The van der Waals surface area contributed by atoms with Gasteiger partial charge in [0.15, 0.2) is 5.13 Å². The van der Waals surface area contributed by atoms with Gasteiger partial charge in [-0.05, 0) is 43.7 Å². The van der Waals surface area contributed by atoms with Crippen LogP contribution in [0.25, 0.3) is 0 Å². The van der Waals surface area contributed by atoms with Crippen molar-refractivity contribution in [3.63, 3.8) is 0 Å². The van der Waals surface area contributed by atoms with Gasteiger partial charge in [-0.15, -0.1) is 11.3 Å². The zero-order chi connectivity index (χ0) is 21.6. The third kappa shape index (κ3) is 5.59. The first-order valence-electron chi connectivity index (χ1n) is 10.5. The van der Waals surface area contributed by atoms with Crippen LogP contribution in [-0.4, -0.2) is 46.3 Å². The number of pyridine rings is 1. The molecule has 1 saturated heterocycles. The zero-order valence-electron chi connectivity index (χ0n) is 17.9. The molecule has 1 atom stereocenters. The highest BCUT2D eigenvalue weighted by Crippen LogP contribution is 2.26. The third-order valence-corrected chi connectivity index (χ3v) is 5.94. The van der Waals surface area contributed by atoms with Crippen LogP contribution in [0.1, 0.15) is 34.7 Å². The molecule has 1 fully saturated rings. The number of anilines is 2. The minimum Gasteiger partial charge on any atom is -0.494 e. The Morgan fingerprint density at radius 3 is 3.00 bits per heavy atom. The topological polar surface area (TPSA) is 79.7 Å². The molecule has 0 saturated carbocycles. The van der Waals surface area contributed by atoms with Gasteiger partial charge in [0.2, 0.25) is 0 Å². The van der Waals surface area contributed by atoms with Crippen LogP contribution in [0.3, 0.4) is 0 Å². The molecule has 0 aliphatic carbocycles. The molecule has 4 rings (SSSR count). The van der Waals surface area contributed by atoms with Crippen LogP contribution in [0, 0.1) is 6.92 Å². The Balaban J connectivity index is 1.42. The summed E-state index contributed by atoms with van der Waals surface area (Å²) < 4.78 is 11.6. The van der Waals surface area contributed by atoms with Crippen molar-refractivity contribution in [2.24, 2.45) is 0 Å². The van der Waals surface area contributed by atoms with Crippen LogP contribution in [0.4, 0.5) is 10.9 Å². The lowest BCUT2D eigenvalue weighted by atomic mass is 10.1. The van der Waals surface area contributed by atoms with Crippen LogP contribution < -0.4 is 10.1 Å². The van der Waals surface area contributed by atoms with Crippen molar-refractivity contribution in [1.29, 1.82) is 0 Å². The van der Waals surface area contributed by atoms with E-state index in [9.17, 15) is 5.11 Å². The molecule has 2 N–H and O–H groups in total. The number of aliphatic hydroxyl groups is 1. The molecule has 2 aromatic heterocycles. The fraction of sp³-hybridized carbons (Fsp3) is 0.391. The van der Waals surface area contributed by atoms with Gasteiger partial charge in [-0.3, -0.25) is 4.90 Å². The molecule has 1 unspecified atom stereocenters. The highest BCUT2D eigenvalue weighted by Gasteiger charge is 2.23. The first-order valence-corrected chi connectivity index (χ1v) is 11.3. The lowest BCUT2D eigenvalue weighted by Crippen LogP contribution is -2.38. The average molecular weight is 441 g/mol. The van der Waals surface area contributed by atoms with E-state index in [0.29, 0.717) is 13.2 Å². The number of thiazole rings is 1. The van der Waals surface area contributed by atoms with Crippen molar-refractivity contribution in [3.05, 3.63) is 64.3 Å². The van der Waals surface area contributed by atoms with Gasteiger partial charge in [0.25, 0.3) is 0 Å². The largest absolute Gasteiger partial charge is 0.494 e. The summed E-state index contributed by atoms with van der Waals surface area (Å²) in [6.07, 6.45) is 1.76. The molecule has 1 aliphatic rings. The second-order valence-corrected chi connectivity index (χ2v) is 8.71. The average Bonchev–Trinajstić information content (AvgIpc) is 3.20. The quantitative estimate of drug-likeness (QED) is 0.547. The van der Waals surface area contributed by atoms with Crippen molar-refractivity contribution in [1.82, 2.24) is 14.9 Å². The number of rotatable bonds is 8. The van der Waals surface area contributed by atoms with Gasteiger partial charge < -0.3 is 19.9 Å². The van der Waals surface area contributed by atoms with Crippen molar-refractivity contribution in [2.45, 2.75) is 33.1 Å². The van der Waals surface area contributed by atoms with Crippen molar-refractivity contribution < 1.29 is 14.6 Å². The second kappa shape index (κ2) is 10.2. The zero-order valence-corrected chi connectivity index (χ0v) is 18.7. The molecule has 1 aliphatic heterocycles. The van der Waals surface area contributed by atoms with Gasteiger partial charge in [-0.1, -0.05) is 12.1 Å². The van der Waals surface area contributed by atoms with Crippen molar-refractivity contribution in [2.75, 3.05) is 31.6 Å². The molecule has 31 heavy (non-hydrogen) atoms. The van der Waals surface area contributed by atoms with E-state index < -0.39 is 0 Å². The van der Waals surface area contributed by atoms with E-state index in [2.05, 4.69) is 21.3 Å². The highest BCUT2D eigenvalue weighted by atomic mass is 32.1. The van der Waals surface area contributed by atoms with Crippen LogP contribution >= 0.6 is 11.3 Å². The number of aryl methyl sites for hydroxylation is 1. The summed E-state index contributed by atoms with van der Waals surface area (Å²) in [4.78, 5) is 12.6. The molecule has 0 radical (unpaired) electrons. The SMILES string of the molecule is CCOc1ccc(CN2CCOC(c3cccc(Nc4ncc(C)s4)n3)C2)cc1CO. The van der Waals surface area contributed by atoms with Crippen molar-refractivity contribution in [3.8, 4) is 5.75 Å². The number of aromatic nitrogens is 2. The minimum absolute atomic E-state index is 0.0305. The molecule has 3 heterocycles. The smallest absolute Gasteiger partial charge is 0.188 e. The molecular weight excluding hydrogens is 412 g/mol. The molecule has 164 valence electrons. The Morgan fingerprint density at radius 2 is 2.23 bits per heavy atom. The third-order valence-electron chi connectivity index (χ3n) is 5.11. The van der Waals surface area contributed by atoms with Gasteiger partial charge in [0.1, 0.15) is 17.7 Å². The van der Waals surface area contributed by atoms with Gasteiger partial charge in [0.05, 0.1) is 25.5 Å². The first kappa shape index (κ1) is 21.7. The summed E-state index contributed by atoms with van der Waals surface area (Å²) in [6, 6.07) is 12.0. The summed E-state index contributed by atoms with van der Waals surface area (Å²) in [5.41, 5.74) is 2.88. The Morgan fingerprint density at radius 1 is 1.32 bits per heavy atom. The number of benzene rings is 1. The number of morpholine rings is 1. The first-order chi connectivity index (χ1) is 15.1. The number of aliphatic hydroxyl groups excluding tert-OH is 1. The minimum atomic E-state index is -0.0893. The fourth-order valence-corrected chi connectivity index (χ4v) is 4.33. The number of nitrogens with zero attached hydrogens (tertiary/aromatic N) is 3. The standard InChI is InChI=1S/C23H28N4O3S/c1-3-29-20-8-7-17(11-18(20)15-28)13-27-9-10-30-21(14-27)19-5-4-6-22(25-19)26-23-24-12-16(2)31-23/h4-8,11-12,21,28H,3,9-10,13-15H2,1-2H3,(H,24,25,26). The summed E-state index contributed by atoms with van der Waals surface area (Å²) >= 11 is 1.60. The van der Waals surface area contributed by atoms with E-state index in [-0.39, 0.29) is 12.7 Å². The molecule has 7 nitrogen and oxygen atoms in total. The Labute approximate surface area is 186 Å². The molecule has 1 aromatic carbocycles. The van der Waals surface area contributed by atoms with Crippen LogP contribution in [-0.2, 0) is 17.9 Å². The maximum atomic E-state index is 9.67. The van der Waals surface area contributed by atoms with Crippen molar-refractivity contribution >= 4 is 22.3 Å². The van der Waals surface area contributed by atoms with Gasteiger partial charge in [0, 0.05) is 36.3 Å². The fourth-order valence-electron chi connectivity index (χ4n) is 3.66. The van der Waals surface area contributed by atoms with E-state index in [4.69, 9.17) is 14.5 Å². The maximum Gasteiger partial charge on any atom is 0.188 e. The molecule has 0 spiro atoms. The van der Waals surface area contributed by atoms with E-state index in [1.165, 1.54) is 0 Å². The lowest BCUT2D eigenvalue weighted by Gasteiger charge is -2.33. The number of ether oxygens (including phenoxy) is 2. The van der Waals surface area contributed by atoms with Crippen LogP contribution in [0.15, 0.2) is 42.6 Å². The number of hydrogen-bond donors (Lipinski definition) is 2. The van der Waals surface area contributed by atoms with E-state index in [1.807, 2.05) is 50.4 Å². The summed E-state index contributed by atoms with van der Waals surface area (Å²) in [6.45, 7) is 7.58. The predicted octanol–water partition coefficient (Wildman–Crippen LogP) is 4.05. The number of hydrogen-bond acceptors (Lipinski definition) is 8. The van der Waals surface area contributed by atoms with E-state index in [0.717, 1.165) is 58.0 Å². The number of nitrogens with one attached hydrogen (secondary N) is 1. The Kier molecular flexibility index (Phi) is 7.14. The summed E-state index contributed by atoms with van der Waals surface area (Å²) in [7, 11) is 0. The maximum absolute atomic E-state index is 9.67. The molecular formula is C23H28N4O3S. The Bertz CT molecular complexity index is 1010. The van der Waals surface area contributed by atoms with Gasteiger partial charge in [-0.2, -0.15) is 0 Å². The van der Waals surface area contributed by atoms with Gasteiger partial charge in [-0.25, -0.2) is 9.97 Å². The summed E-state index contributed by atoms with van der Waals surface area (Å²) in [5, 5.41) is 13.8. The molecule has 0 bridgehead atoms.